The molecule has 14 heteroatoms. The molecule has 0 aliphatic carbocycles. The number of carbonyl (C=O) groups excluding carboxylic acids is 1. The third-order valence-electron chi connectivity index (χ3n) is 6.19. The molecule has 1 aromatic carbocycles. The van der Waals surface area contributed by atoms with Crippen LogP contribution in [0, 0.1) is 17.1 Å². The standard InChI is InChI=1S/C25H25F4N4O4PS/c1-4-36-38(35,37-5-2)14-22(34)33-12-18(17-9-15(10-30)39-21(17)13-33)16-7-6-8-20(26)23(16)19-11-32(3)31-24(19)25(27,28)29/h6-9,11,18H,4-5,12-14H2,1-3H3/t18-/m0/s1. The van der Waals surface area contributed by atoms with Gasteiger partial charge in [-0.3, -0.25) is 14.0 Å². The number of aryl methyl sites for hydroxylation is 1. The number of hydrogen-bond donors (Lipinski definition) is 0. The molecule has 2 aromatic heterocycles. The molecule has 0 fully saturated rings. The Morgan fingerprint density at radius 1 is 1.26 bits per heavy atom. The Bertz CT molecular complexity index is 1470. The van der Waals surface area contributed by atoms with Gasteiger partial charge in [0.25, 0.3) is 0 Å². The molecular formula is C25H25F4N4O4PS. The Hall–Kier alpha value is -3.04. The Balaban J connectivity index is 1.83. The largest absolute Gasteiger partial charge is 0.435 e. The van der Waals surface area contributed by atoms with Gasteiger partial charge in [-0.2, -0.15) is 23.5 Å². The monoisotopic (exact) mass is 584 g/mol. The van der Waals surface area contributed by atoms with Gasteiger partial charge in [0.2, 0.25) is 5.91 Å². The lowest BCUT2D eigenvalue weighted by molar-refractivity contribution is -0.141. The number of thiophene rings is 1. The van der Waals surface area contributed by atoms with Crippen LogP contribution in [0.2, 0.25) is 0 Å². The van der Waals surface area contributed by atoms with Crippen LogP contribution in [0.4, 0.5) is 17.6 Å². The van der Waals surface area contributed by atoms with Gasteiger partial charge in [-0.25, -0.2) is 4.39 Å². The van der Waals surface area contributed by atoms with Crippen molar-refractivity contribution in [3.8, 4) is 17.2 Å². The van der Waals surface area contributed by atoms with Gasteiger partial charge in [0, 0.05) is 41.7 Å². The fraction of sp³-hybridized carbons (Fsp3) is 0.400. The minimum atomic E-state index is -4.84. The first kappa shape index (κ1) is 29.0. The van der Waals surface area contributed by atoms with Crippen LogP contribution in [0.5, 0.6) is 0 Å². The van der Waals surface area contributed by atoms with Crippen molar-refractivity contribution < 1.29 is 36.0 Å². The van der Waals surface area contributed by atoms with Crippen LogP contribution in [-0.2, 0) is 38.2 Å². The summed E-state index contributed by atoms with van der Waals surface area (Å²) in [6, 6.07) is 7.62. The van der Waals surface area contributed by atoms with Gasteiger partial charge in [0.1, 0.15) is 22.9 Å². The molecule has 0 spiro atoms. The minimum absolute atomic E-state index is 0.0518. The van der Waals surface area contributed by atoms with E-state index in [9.17, 15) is 27.8 Å². The van der Waals surface area contributed by atoms with Gasteiger partial charge in [0.15, 0.2) is 5.69 Å². The molecule has 0 radical (unpaired) electrons. The number of carbonyl (C=O) groups is 1. The van der Waals surface area contributed by atoms with Crippen molar-refractivity contribution in [3.05, 3.63) is 62.9 Å². The maximum atomic E-state index is 15.4. The van der Waals surface area contributed by atoms with E-state index in [0.29, 0.717) is 15.3 Å². The fourth-order valence-electron chi connectivity index (χ4n) is 4.71. The van der Waals surface area contributed by atoms with Crippen molar-refractivity contribution in [1.82, 2.24) is 14.7 Å². The Kier molecular flexibility index (Phi) is 8.33. The van der Waals surface area contributed by atoms with Gasteiger partial charge < -0.3 is 13.9 Å². The van der Waals surface area contributed by atoms with Crippen molar-refractivity contribution in [2.75, 3.05) is 25.9 Å². The fourth-order valence-corrected chi connectivity index (χ4v) is 7.32. The van der Waals surface area contributed by atoms with E-state index in [1.807, 2.05) is 0 Å². The molecule has 1 aliphatic rings. The molecule has 1 aliphatic heterocycles. The first-order valence-corrected chi connectivity index (χ1v) is 14.5. The summed E-state index contributed by atoms with van der Waals surface area (Å²) in [6.07, 6.45) is -4.28. The third-order valence-corrected chi connectivity index (χ3v) is 9.19. The number of benzene rings is 1. The average Bonchev–Trinajstić information content (AvgIpc) is 3.46. The van der Waals surface area contributed by atoms with Crippen molar-refractivity contribution in [3.63, 3.8) is 0 Å². The Morgan fingerprint density at radius 2 is 1.95 bits per heavy atom. The zero-order chi connectivity index (χ0) is 28.5. The van der Waals surface area contributed by atoms with Crippen molar-refractivity contribution in [2.24, 2.45) is 7.05 Å². The summed E-state index contributed by atoms with van der Waals surface area (Å²) in [5.74, 6) is -2.22. The summed E-state index contributed by atoms with van der Waals surface area (Å²) in [6.45, 7) is 3.39. The van der Waals surface area contributed by atoms with E-state index in [-0.39, 0.29) is 37.4 Å². The number of aromatic nitrogens is 2. The molecule has 39 heavy (non-hydrogen) atoms. The molecule has 0 saturated carbocycles. The molecule has 3 heterocycles. The normalized spacial score (nSPS) is 15.7. The molecule has 1 amide bonds. The molecule has 4 rings (SSSR count). The number of hydrogen-bond acceptors (Lipinski definition) is 7. The van der Waals surface area contributed by atoms with Gasteiger partial charge in [-0.05, 0) is 37.1 Å². The van der Waals surface area contributed by atoms with Gasteiger partial charge in [-0.1, -0.05) is 12.1 Å². The molecule has 3 aromatic rings. The number of alkyl halides is 3. The van der Waals surface area contributed by atoms with Crippen LogP contribution in [0.1, 0.15) is 46.3 Å². The molecular weight excluding hydrogens is 559 g/mol. The molecule has 0 saturated heterocycles. The predicted octanol–water partition coefficient (Wildman–Crippen LogP) is 5.92. The first-order chi connectivity index (χ1) is 18.4. The van der Waals surface area contributed by atoms with E-state index in [0.717, 1.165) is 28.3 Å². The van der Waals surface area contributed by atoms with Crippen molar-refractivity contribution in [2.45, 2.75) is 32.5 Å². The Labute approximate surface area is 226 Å². The highest BCUT2D eigenvalue weighted by atomic mass is 32.1. The summed E-state index contributed by atoms with van der Waals surface area (Å²) in [7, 11) is -2.43. The lowest BCUT2D eigenvalue weighted by Gasteiger charge is -2.34. The Morgan fingerprint density at radius 3 is 2.56 bits per heavy atom. The van der Waals surface area contributed by atoms with Crippen LogP contribution in [-0.4, -0.2) is 46.5 Å². The molecule has 208 valence electrons. The van der Waals surface area contributed by atoms with Crippen molar-refractivity contribution >= 4 is 24.8 Å². The van der Waals surface area contributed by atoms with Crippen LogP contribution in [0.15, 0.2) is 30.5 Å². The second-order valence-corrected chi connectivity index (χ2v) is 12.0. The van der Waals surface area contributed by atoms with E-state index in [1.165, 1.54) is 24.1 Å². The number of fused-ring (bicyclic) bond motifs is 1. The minimum Gasteiger partial charge on any atom is -0.336 e. The van der Waals surface area contributed by atoms with Crippen LogP contribution in [0.25, 0.3) is 11.1 Å². The number of amides is 1. The highest BCUT2D eigenvalue weighted by molar-refractivity contribution is 7.54. The maximum Gasteiger partial charge on any atom is 0.435 e. The van der Waals surface area contributed by atoms with Crippen LogP contribution in [0.3, 0.4) is 0 Å². The van der Waals surface area contributed by atoms with Gasteiger partial charge in [0.05, 0.1) is 19.8 Å². The lowest BCUT2D eigenvalue weighted by Crippen LogP contribution is -2.39. The summed E-state index contributed by atoms with van der Waals surface area (Å²) in [5, 5.41) is 13.0. The second-order valence-electron chi connectivity index (χ2n) is 8.80. The van der Waals surface area contributed by atoms with E-state index < -0.39 is 48.8 Å². The third kappa shape index (κ3) is 5.94. The number of nitrogens with zero attached hydrogens (tertiary/aromatic N) is 4. The van der Waals surface area contributed by atoms with E-state index in [4.69, 9.17) is 9.05 Å². The highest BCUT2D eigenvalue weighted by Gasteiger charge is 2.41. The highest BCUT2D eigenvalue weighted by Crippen LogP contribution is 2.49. The SMILES string of the molecule is CCOP(=O)(CC(=O)N1Cc2sc(C#N)cc2[C@H](c2cccc(F)c2-c2cn(C)nc2C(F)(F)F)C1)OCC. The second kappa shape index (κ2) is 11.2. The molecule has 8 nitrogen and oxygen atoms in total. The molecule has 0 unspecified atom stereocenters. The zero-order valence-electron chi connectivity index (χ0n) is 21.3. The number of halogens is 4. The molecule has 1 atom stereocenters. The maximum absolute atomic E-state index is 15.4. The number of nitriles is 1. The smallest absolute Gasteiger partial charge is 0.336 e. The molecule has 0 bridgehead atoms. The van der Waals surface area contributed by atoms with Gasteiger partial charge >= 0.3 is 13.8 Å². The van der Waals surface area contributed by atoms with Gasteiger partial charge in [-0.15, -0.1) is 11.3 Å². The summed E-state index contributed by atoms with van der Waals surface area (Å²) >= 11 is 1.13. The molecule has 0 N–H and O–H groups in total. The van der Waals surface area contributed by atoms with Crippen LogP contribution >= 0.6 is 18.9 Å². The van der Waals surface area contributed by atoms with E-state index in [2.05, 4.69) is 11.2 Å². The topological polar surface area (TPSA) is 97.5 Å². The average molecular weight is 585 g/mol. The summed E-state index contributed by atoms with van der Waals surface area (Å²) in [5.41, 5.74) is -1.15. The summed E-state index contributed by atoms with van der Waals surface area (Å²) in [4.78, 5) is 15.7. The predicted molar refractivity (Wildman–Crippen MR) is 136 cm³/mol. The van der Waals surface area contributed by atoms with Crippen LogP contribution < -0.4 is 0 Å². The van der Waals surface area contributed by atoms with E-state index in [1.54, 1.807) is 19.9 Å². The van der Waals surface area contributed by atoms with E-state index >= 15 is 4.39 Å². The summed E-state index contributed by atoms with van der Waals surface area (Å²) < 4.78 is 81.4. The lowest BCUT2D eigenvalue weighted by atomic mass is 9.83. The zero-order valence-corrected chi connectivity index (χ0v) is 23.0. The number of rotatable bonds is 8. The first-order valence-electron chi connectivity index (χ1n) is 12.0. The quantitative estimate of drug-likeness (QED) is 0.241. The van der Waals surface area contributed by atoms with Crippen molar-refractivity contribution in [1.29, 1.82) is 5.26 Å².